The van der Waals surface area contributed by atoms with E-state index in [2.05, 4.69) is 0 Å². The van der Waals surface area contributed by atoms with Crippen molar-refractivity contribution < 1.29 is 29.2 Å². The van der Waals surface area contributed by atoms with E-state index in [4.69, 9.17) is 18.9 Å². The zero-order chi connectivity index (χ0) is 15.7. The summed E-state index contributed by atoms with van der Waals surface area (Å²) in [6.07, 6.45) is -3.25. The Hall–Kier alpha value is -1.02. The lowest BCUT2D eigenvalue weighted by Crippen LogP contribution is -2.44. The molecule has 5 atom stereocenters. The first kappa shape index (κ1) is 15.9. The van der Waals surface area contributed by atoms with Crippen molar-refractivity contribution in [2.24, 2.45) is 0 Å². The Balaban J connectivity index is 1.71. The summed E-state index contributed by atoms with van der Waals surface area (Å²) >= 11 is 0. The van der Waals surface area contributed by atoms with Crippen LogP contribution < -0.4 is 0 Å². The van der Waals surface area contributed by atoms with Gasteiger partial charge >= 0.3 is 0 Å². The standard InChI is InChI=1S/C16H22O6/c1-16(2)21-14-13(19-9-10-6-4-3-5-7-10)12(11(18)8-17)20-15(14)22-16/h3-7,11-15,17-18H,8-9H2,1-2H3/t11?,12-,13+,14-,15-/m1/s1. The van der Waals surface area contributed by atoms with E-state index in [0.29, 0.717) is 6.61 Å². The highest BCUT2D eigenvalue weighted by Crippen LogP contribution is 2.39. The molecule has 2 saturated heterocycles. The second-order valence-corrected chi connectivity index (χ2v) is 6.08. The van der Waals surface area contributed by atoms with Gasteiger partial charge in [0.05, 0.1) is 13.2 Å². The van der Waals surface area contributed by atoms with Crippen molar-refractivity contribution in [2.45, 2.75) is 56.9 Å². The topological polar surface area (TPSA) is 77.4 Å². The second kappa shape index (κ2) is 6.23. The average Bonchev–Trinajstić information content (AvgIpc) is 2.97. The molecule has 1 unspecified atom stereocenters. The van der Waals surface area contributed by atoms with Gasteiger partial charge in [-0.2, -0.15) is 0 Å². The van der Waals surface area contributed by atoms with E-state index in [1.807, 2.05) is 30.3 Å². The molecule has 3 rings (SSSR count). The summed E-state index contributed by atoms with van der Waals surface area (Å²) in [5.41, 5.74) is 1.02. The van der Waals surface area contributed by atoms with Crippen LogP contribution in [0.15, 0.2) is 30.3 Å². The van der Waals surface area contributed by atoms with E-state index in [1.165, 1.54) is 0 Å². The molecule has 1 aromatic rings. The number of hydrogen-bond donors (Lipinski definition) is 2. The minimum absolute atomic E-state index is 0.372. The molecule has 2 heterocycles. The molecule has 0 bridgehead atoms. The van der Waals surface area contributed by atoms with Crippen molar-refractivity contribution in [1.82, 2.24) is 0 Å². The molecule has 2 aliphatic rings. The van der Waals surface area contributed by atoms with Gasteiger partial charge in [0, 0.05) is 0 Å². The Morgan fingerprint density at radius 3 is 2.64 bits per heavy atom. The van der Waals surface area contributed by atoms with Crippen molar-refractivity contribution in [1.29, 1.82) is 0 Å². The Morgan fingerprint density at radius 2 is 1.95 bits per heavy atom. The molecule has 0 aromatic heterocycles. The van der Waals surface area contributed by atoms with Gasteiger partial charge in [-0.25, -0.2) is 0 Å². The lowest BCUT2D eigenvalue weighted by molar-refractivity contribution is -0.232. The van der Waals surface area contributed by atoms with E-state index < -0.39 is 43.1 Å². The predicted octanol–water partition coefficient (Wildman–Crippen LogP) is 0.801. The smallest absolute Gasteiger partial charge is 0.190 e. The molecule has 122 valence electrons. The van der Waals surface area contributed by atoms with E-state index in [-0.39, 0.29) is 0 Å². The van der Waals surface area contributed by atoms with E-state index in [9.17, 15) is 10.2 Å². The quantitative estimate of drug-likeness (QED) is 0.838. The molecular weight excluding hydrogens is 288 g/mol. The summed E-state index contributed by atoms with van der Waals surface area (Å²) in [6, 6.07) is 9.73. The first-order chi connectivity index (χ1) is 10.5. The van der Waals surface area contributed by atoms with E-state index in [0.717, 1.165) is 5.56 Å². The van der Waals surface area contributed by atoms with Gasteiger partial charge in [-0.05, 0) is 19.4 Å². The molecule has 0 aliphatic carbocycles. The second-order valence-electron chi connectivity index (χ2n) is 6.08. The zero-order valence-corrected chi connectivity index (χ0v) is 12.7. The van der Waals surface area contributed by atoms with E-state index >= 15 is 0 Å². The van der Waals surface area contributed by atoms with Gasteiger partial charge in [-0.15, -0.1) is 0 Å². The van der Waals surface area contributed by atoms with Crippen LogP contribution in [0.2, 0.25) is 0 Å². The lowest BCUT2D eigenvalue weighted by Gasteiger charge is -2.28. The molecule has 22 heavy (non-hydrogen) atoms. The molecule has 0 spiro atoms. The van der Waals surface area contributed by atoms with Crippen molar-refractivity contribution in [3.05, 3.63) is 35.9 Å². The van der Waals surface area contributed by atoms with Crippen LogP contribution in [0.3, 0.4) is 0 Å². The SMILES string of the molecule is CC1(C)O[C@H]2O[C@H](C(O)CO)[C@H](OCc3ccccc3)[C@H]2O1. The fourth-order valence-electron chi connectivity index (χ4n) is 2.87. The average molecular weight is 310 g/mol. The minimum atomic E-state index is -1.04. The third-order valence-electron chi connectivity index (χ3n) is 3.88. The highest BCUT2D eigenvalue weighted by Gasteiger charge is 2.56. The van der Waals surface area contributed by atoms with Crippen LogP contribution in [-0.4, -0.2) is 53.3 Å². The summed E-state index contributed by atoms with van der Waals surface area (Å²) in [7, 11) is 0. The van der Waals surface area contributed by atoms with Crippen LogP contribution in [0.5, 0.6) is 0 Å². The third kappa shape index (κ3) is 3.17. The van der Waals surface area contributed by atoms with Crippen molar-refractivity contribution in [3.63, 3.8) is 0 Å². The molecule has 0 radical (unpaired) electrons. The van der Waals surface area contributed by atoms with Crippen molar-refractivity contribution in [2.75, 3.05) is 6.61 Å². The number of aliphatic hydroxyl groups is 2. The largest absolute Gasteiger partial charge is 0.394 e. The molecule has 6 nitrogen and oxygen atoms in total. The number of rotatable bonds is 5. The predicted molar refractivity (Wildman–Crippen MR) is 76.8 cm³/mol. The number of fused-ring (bicyclic) bond motifs is 1. The normalized spacial score (nSPS) is 34.5. The van der Waals surface area contributed by atoms with Crippen LogP contribution in [0, 0.1) is 0 Å². The number of hydrogen-bond acceptors (Lipinski definition) is 6. The van der Waals surface area contributed by atoms with Crippen LogP contribution in [0.25, 0.3) is 0 Å². The lowest BCUT2D eigenvalue weighted by atomic mass is 10.1. The highest BCUT2D eigenvalue weighted by molar-refractivity contribution is 5.13. The molecule has 1 aromatic carbocycles. The number of aliphatic hydroxyl groups excluding tert-OH is 2. The molecular formula is C16H22O6. The third-order valence-corrected chi connectivity index (χ3v) is 3.88. The first-order valence-electron chi connectivity index (χ1n) is 7.46. The van der Waals surface area contributed by atoms with Crippen molar-refractivity contribution >= 4 is 0 Å². The first-order valence-corrected chi connectivity index (χ1v) is 7.46. The molecule has 0 amide bonds. The summed E-state index contributed by atoms with van der Waals surface area (Å²) in [6.45, 7) is 3.58. The minimum Gasteiger partial charge on any atom is -0.394 e. The summed E-state index contributed by atoms with van der Waals surface area (Å²) in [5.74, 6) is -0.751. The molecule has 0 saturated carbocycles. The fraction of sp³-hybridized carbons (Fsp3) is 0.625. The Kier molecular flexibility index (Phi) is 4.49. The van der Waals surface area contributed by atoms with Crippen LogP contribution in [0.1, 0.15) is 19.4 Å². The summed E-state index contributed by atoms with van der Waals surface area (Å²) in [5, 5.41) is 19.1. The highest BCUT2D eigenvalue weighted by atomic mass is 16.8. The van der Waals surface area contributed by atoms with Crippen molar-refractivity contribution in [3.8, 4) is 0 Å². The molecule has 2 N–H and O–H groups in total. The van der Waals surface area contributed by atoms with Crippen LogP contribution in [0.4, 0.5) is 0 Å². The zero-order valence-electron chi connectivity index (χ0n) is 12.7. The maximum atomic E-state index is 9.94. The maximum Gasteiger partial charge on any atom is 0.190 e. The number of benzene rings is 1. The fourth-order valence-corrected chi connectivity index (χ4v) is 2.87. The van der Waals surface area contributed by atoms with Gasteiger partial charge in [-0.1, -0.05) is 30.3 Å². The molecule has 6 heteroatoms. The van der Waals surface area contributed by atoms with Gasteiger partial charge < -0.3 is 29.2 Å². The molecule has 2 fully saturated rings. The van der Waals surface area contributed by atoms with Gasteiger partial charge in [0.2, 0.25) is 0 Å². The number of ether oxygens (including phenoxy) is 4. The van der Waals surface area contributed by atoms with Gasteiger partial charge in [0.1, 0.15) is 24.4 Å². The Morgan fingerprint density at radius 1 is 1.23 bits per heavy atom. The van der Waals surface area contributed by atoms with Gasteiger partial charge in [-0.3, -0.25) is 0 Å². The monoisotopic (exact) mass is 310 g/mol. The Labute approximate surface area is 129 Å². The van der Waals surface area contributed by atoms with Gasteiger partial charge in [0.25, 0.3) is 0 Å². The Bertz CT molecular complexity index is 491. The maximum absolute atomic E-state index is 9.94. The van der Waals surface area contributed by atoms with Crippen LogP contribution in [-0.2, 0) is 25.6 Å². The summed E-state index contributed by atoms with van der Waals surface area (Å²) in [4.78, 5) is 0. The van der Waals surface area contributed by atoms with Crippen LogP contribution >= 0.6 is 0 Å². The van der Waals surface area contributed by atoms with Gasteiger partial charge in [0.15, 0.2) is 12.1 Å². The summed E-state index contributed by atoms with van der Waals surface area (Å²) < 4.78 is 23.1. The molecule has 2 aliphatic heterocycles. The van der Waals surface area contributed by atoms with E-state index in [1.54, 1.807) is 13.8 Å².